The maximum atomic E-state index is 12.2. The predicted octanol–water partition coefficient (Wildman–Crippen LogP) is 0.824. The molecule has 4 heteroatoms. The summed E-state index contributed by atoms with van der Waals surface area (Å²) in [4.78, 5) is 16.8. The smallest absolute Gasteiger partial charge is 0.223 e. The number of carbonyl (C=O) groups is 1. The van der Waals surface area contributed by atoms with Crippen LogP contribution < -0.4 is 5.32 Å². The average Bonchev–Trinajstić information content (AvgIpc) is 3.08. The number of hydrogen-bond donors (Lipinski definition) is 1. The van der Waals surface area contributed by atoms with Crippen LogP contribution in [0.2, 0.25) is 0 Å². The highest BCUT2D eigenvalue weighted by Gasteiger charge is 2.35. The molecular weight excluding hydrogens is 226 g/mol. The molecule has 102 valence electrons. The fourth-order valence-electron chi connectivity index (χ4n) is 3.36. The van der Waals surface area contributed by atoms with E-state index >= 15 is 0 Å². The first kappa shape index (κ1) is 12.4. The Balaban J connectivity index is 1.47. The summed E-state index contributed by atoms with van der Waals surface area (Å²) in [5.74, 6) is 0.351. The molecule has 1 saturated carbocycles. The summed E-state index contributed by atoms with van der Waals surface area (Å²) in [6.45, 7) is 2.78. The van der Waals surface area contributed by atoms with Crippen LogP contribution in [0.1, 0.15) is 38.5 Å². The SMILES string of the molecule is CN1C2CCC1CN(C(=O)CCNC1CC1)CC2. The molecule has 0 aromatic carbocycles. The van der Waals surface area contributed by atoms with Gasteiger partial charge in [-0.15, -0.1) is 0 Å². The Hall–Kier alpha value is -0.610. The molecule has 0 aromatic heterocycles. The second kappa shape index (κ2) is 5.17. The molecular formula is C14H25N3O. The number of amides is 1. The molecule has 2 saturated heterocycles. The number of carbonyl (C=O) groups excluding carboxylic acids is 1. The summed E-state index contributed by atoms with van der Waals surface area (Å²) in [6.07, 6.45) is 7.03. The van der Waals surface area contributed by atoms with E-state index in [4.69, 9.17) is 0 Å². The standard InChI is InChI=1S/C14H25N3O/c1-16-12-4-5-13(16)10-17(9-7-12)14(18)6-8-15-11-2-3-11/h11-13,15H,2-10H2,1H3. The van der Waals surface area contributed by atoms with Crippen molar-refractivity contribution in [2.45, 2.75) is 56.7 Å². The molecule has 2 unspecified atom stereocenters. The Morgan fingerprint density at radius 2 is 1.94 bits per heavy atom. The van der Waals surface area contributed by atoms with Gasteiger partial charge in [-0.05, 0) is 39.2 Å². The van der Waals surface area contributed by atoms with Crippen LogP contribution in [0.3, 0.4) is 0 Å². The van der Waals surface area contributed by atoms with E-state index in [1.165, 1.54) is 25.7 Å². The van der Waals surface area contributed by atoms with Crippen molar-refractivity contribution in [1.29, 1.82) is 0 Å². The molecule has 0 radical (unpaired) electrons. The Morgan fingerprint density at radius 3 is 2.72 bits per heavy atom. The highest BCUT2D eigenvalue weighted by molar-refractivity contribution is 5.76. The molecule has 2 aliphatic heterocycles. The van der Waals surface area contributed by atoms with Gasteiger partial charge in [-0.3, -0.25) is 9.69 Å². The van der Waals surface area contributed by atoms with Crippen LogP contribution in [0.4, 0.5) is 0 Å². The fourth-order valence-corrected chi connectivity index (χ4v) is 3.36. The Morgan fingerprint density at radius 1 is 1.17 bits per heavy atom. The Bertz CT molecular complexity index is 316. The van der Waals surface area contributed by atoms with Crippen LogP contribution in [0.15, 0.2) is 0 Å². The molecule has 3 fully saturated rings. The second-order valence-corrected chi connectivity index (χ2v) is 6.16. The van der Waals surface area contributed by atoms with E-state index in [0.717, 1.165) is 32.1 Å². The molecule has 0 aromatic rings. The molecule has 2 atom stereocenters. The molecule has 2 heterocycles. The summed E-state index contributed by atoms with van der Waals surface area (Å²) < 4.78 is 0. The van der Waals surface area contributed by atoms with Gasteiger partial charge in [-0.1, -0.05) is 0 Å². The van der Waals surface area contributed by atoms with Gasteiger partial charge in [0.25, 0.3) is 0 Å². The summed E-state index contributed by atoms with van der Waals surface area (Å²) in [6, 6.07) is 2.04. The number of likely N-dealkylation sites (N-methyl/N-ethyl adjacent to an activating group) is 1. The van der Waals surface area contributed by atoms with Crippen LogP contribution in [0, 0.1) is 0 Å². The third kappa shape index (κ3) is 2.69. The number of nitrogens with one attached hydrogen (secondary N) is 1. The van der Waals surface area contributed by atoms with Crippen molar-refractivity contribution >= 4 is 5.91 Å². The molecule has 0 spiro atoms. The van der Waals surface area contributed by atoms with Gasteiger partial charge < -0.3 is 10.2 Å². The lowest BCUT2D eigenvalue weighted by Crippen LogP contribution is -2.40. The van der Waals surface area contributed by atoms with Crippen LogP contribution >= 0.6 is 0 Å². The van der Waals surface area contributed by atoms with Crippen molar-refractivity contribution in [3.05, 3.63) is 0 Å². The van der Waals surface area contributed by atoms with Crippen molar-refractivity contribution in [1.82, 2.24) is 15.1 Å². The highest BCUT2D eigenvalue weighted by Crippen LogP contribution is 2.28. The van der Waals surface area contributed by atoms with Gasteiger partial charge in [0.2, 0.25) is 5.91 Å². The zero-order chi connectivity index (χ0) is 12.5. The van der Waals surface area contributed by atoms with Gasteiger partial charge in [-0.2, -0.15) is 0 Å². The van der Waals surface area contributed by atoms with Gasteiger partial charge in [0, 0.05) is 44.2 Å². The van der Waals surface area contributed by atoms with Gasteiger partial charge in [0.1, 0.15) is 0 Å². The van der Waals surface area contributed by atoms with Crippen molar-refractivity contribution in [3.63, 3.8) is 0 Å². The summed E-state index contributed by atoms with van der Waals surface area (Å²) in [5, 5.41) is 3.43. The monoisotopic (exact) mass is 251 g/mol. The molecule has 18 heavy (non-hydrogen) atoms. The normalized spacial score (nSPS) is 32.6. The summed E-state index contributed by atoms with van der Waals surface area (Å²) in [5.41, 5.74) is 0. The van der Waals surface area contributed by atoms with E-state index in [1.54, 1.807) is 0 Å². The van der Waals surface area contributed by atoms with E-state index < -0.39 is 0 Å². The van der Waals surface area contributed by atoms with E-state index in [9.17, 15) is 4.79 Å². The van der Waals surface area contributed by atoms with Crippen molar-refractivity contribution in [2.75, 3.05) is 26.7 Å². The molecule has 4 nitrogen and oxygen atoms in total. The van der Waals surface area contributed by atoms with Gasteiger partial charge in [0.05, 0.1) is 0 Å². The molecule has 3 rings (SSSR count). The first-order valence-corrected chi connectivity index (χ1v) is 7.47. The van der Waals surface area contributed by atoms with Crippen LogP contribution in [-0.4, -0.2) is 60.5 Å². The van der Waals surface area contributed by atoms with Crippen molar-refractivity contribution < 1.29 is 4.79 Å². The quantitative estimate of drug-likeness (QED) is 0.803. The topological polar surface area (TPSA) is 35.6 Å². The molecule has 3 aliphatic rings. The number of nitrogens with zero attached hydrogens (tertiary/aromatic N) is 2. The first-order chi connectivity index (χ1) is 8.74. The zero-order valence-corrected chi connectivity index (χ0v) is 11.4. The van der Waals surface area contributed by atoms with Crippen LogP contribution in [0.25, 0.3) is 0 Å². The zero-order valence-electron chi connectivity index (χ0n) is 11.4. The average molecular weight is 251 g/mol. The summed E-state index contributed by atoms with van der Waals surface area (Å²) in [7, 11) is 2.23. The number of rotatable bonds is 4. The minimum Gasteiger partial charge on any atom is -0.341 e. The Labute approximate surface area is 110 Å². The first-order valence-electron chi connectivity index (χ1n) is 7.47. The maximum absolute atomic E-state index is 12.2. The van der Waals surface area contributed by atoms with Crippen molar-refractivity contribution in [2.24, 2.45) is 0 Å². The Kier molecular flexibility index (Phi) is 3.57. The van der Waals surface area contributed by atoms with Gasteiger partial charge >= 0.3 is 0 Å². The van der Waals surface area contributed by atoms with Crippen molar-refractivity contribution in [3.8, 4) is 0 Å². The lowest BCUT2D eigenvalue weighted by Gasteiger charge is -2.26. The van der Waals surface area contributed by atoms with Crippen LogP contribution in [-0.2, 0) is 4.79 Å². The second-order valence-electron chi connectivity index (χ2n) is 6.16. The van der Waals surface area contributed by atoms with E-state index in [1.807, 2.05) is 0 Å². The highest BCUT2D eigenvalue weighted by atomic mass is 16.2. The predicted molar refractivity (Wildman–Crippen MR) is 71.4 cm³/mol. The maximum Gasteiger partial charge on any atom is 0.223 e. The number of fused-ring (bicyclic) bond motifs is 2. The van der Waals surface area contributed by atoms with Crippen LogP contribution in [0.5, 0.6) is 0 Å². The van der Waals surface area contributed by atoms with E-state index in [2.05, 4.69) is 22.2 Å². The lowest BCUT2D eigenvalue weighted by atomic mass is 10.1. The summed E-state index contributed by atoms with van der Waals surface area (Å²) >= 11 is 0. The number of hydrogen-bond acceptors (Lipinski definition) is 3. The largest absolute Gasteiger partial charge is 0.341 e. The molecule has 1 amide bonds. The van der Waals surface area contributed by atoms with Gasteiger partial charge in [-0.25, -0.2) is 0 Å². The minimum atomic E-state index is 0.351. The third-order valence-corrected chi connectivity index (χ3v) is 4.85. The fraction of sp³-hybridized carbons (Fsp3) is 0.929. The van der Waals surface area contributed by atoms with E-state index in [0.29, 0.717) is 24.4 Å². The van der Waals surface area contributed by atoms with Gasteiger partial charge in [0.15, 0.2) is 0 Å². The molecule has 1 aliphatic carbocycles. The molecule has 2 bridgehead atoms. The lowest BCUT2D eigenvalue weighted by molar-refractivity contribution is -0.131. The third-order valence-electron chi connectivity index (χ3n) is 4.85. The van der Waals surface area contributed by atoms with E-state index in [-0.39, 0.29) is 0 Å². The minimum absolute atomic E-state index is 0.351. The molecule has 1 N–H and O–H groups in total. The number of likely N-dealkylation sites (tertiary alicyclic amines) is 1.